The topological polar surface area (TPSA) is 87.3 Å². The van der Waals surface area contributed by atoms with Crippen LogP contribution in [0.2, 0.25) is 0 Å². The number of aryl methyl sites for hydroxylation is 3. The summed E-state index contributed by atoms with van der Waals surface area (Å²) in [5.74, 6) is -0.577. The van der Waals surface area contributed by atoms with Gasteiger partial charge in [-0.15, -0.1) is 0 Å². The fraction of sp³-hybridized carbons (Fsp3) is 0.318. The van der Waals surface area contributed by atoms with Gasteiger partial charge in [0.1, 0.15) is 0 Å². The monoisotopic (exact) mass is 379 g/mol. The number of nitrogens with one attached hydrogen (secondary N) is 3. The number of amides is 3. The summed E-state index contributed by atoms with van der Waals surface area (Å²) in [6.45, 7) is 5.75. The van der Waals surface area contributed by atoms with Crippen molar-refractivity contribution in [1.82, 2.24) is 5.32 Å². The first-order chi connectivity index (χ1) is 13.3. The van der Waals surface area contributed by atoms with Gasteiger partial charge < -0.3 is 16.0 Å². The molecule has 0 aromatic heterocycles. The summed E-state index contributed by atoms with van der Waals surface area (Å²) in [6, 6.07) is 10.7. The van der Waals surface area contributed by atoms with Crippen LogP contribution in [0, 0.1) is 26.7 Å². The van der Waals surface area contributed by atoms with E-state index in [0.717, 1.165) is 35.2 Å². The van der Waals surface area contributed by atoms with Crippen molar-refractivity contribution in [2.75, 3.05) is 17.2 Å². The van der Waals surface area contributed by atoms with Crippen LogP contribution in [0.3, 0.4) is 0 Å². The van der Waals surface area contributed by atoms with Gasteiger partial charge in [-0.3, -0.25) is 14.4 Å². The molecule has 0 heterocycles. The molecule has 2 aromatic rings. The van der Waals surface area contributed by atoms with E-state index in [4.69, 9.17) is 0 Å². The summed E-state index contributed by atoms with van der Waals surface area (Å²) in [5.41, 5.74) is 4.85. The molecule has 1 saturated carbocycles. The van der Waals surface area contributed by atoms with E-state index in [1.807, 2.05) is 32.9 Å². The Bertz CT molecular complexity index is 909. The first-order valence-electron chi connectivity index (χ1n) is 9.40. The van der Waals surface area contributed by atoms with Crippen molar-refractivity contribution in [1.29, 1.82) is 0 Å². The van der Waals surface area contributed by atoms with Gasteiger partial charge in [0.15, 0.2) is 0 Å². The Morgan fingerprint density at radius 3 is 2.29 bits per heavy atom. The molecule has 28 heavy (non-hydrogen) atoms. The van der Waals surface area contributed by atoms with E-state index in [9.17, 15) is 14.4 Å². The van der Waals surface area contributed by atoms with Gasteiger partial charge in [-0.05, 0) is 62.9 Å². The molecule has 0 radical (unpaired) electrons. The molecule has 0 saturated heterocycles. The van der Waals surface area contributed by atoms with Gasteiger partial charge in [0.05, 0.1) is 6.54 Å². The Kier molecular flexibility index (Phi) is 5.78. The van der Waals surface area contributed by atoms with Gasteiger partial charge in [-0.2, -0.15) is 0 Å². The van der Waals surface area contributed by atoms with Crippen molar-refractivity contribution < 1.29 is 14.4 Å². The molecule has 1 aliphatic carbocycles. The Morgan fingerprint density at radius 2 is 1.64 bits per heavy atom. The van der Waals surface area contributed by atoms with Crippen molar-refractivity contribution in [3.63, 3.8) is 0 Å². The van der Waals surface area contributed by atoms with E-state index >= 15 is 0 Å². The zero-order chi connectivity index (χ0) is 20.3. The van der Waals surface area contributed by atoms with Gasteiger partial charge >= 0.3 is 0 Å². The second-order valence-electron chi connectivity index (χ2n) is 7.35. The van der Waals surface area contributed by atoms with Crippen LogP contribution in [0.25, 0.3) is 0 Å². The van der Waals surface area contributed by atoms with E-state index in [2.05, 4.69) is 16.0 Å². The number of hydrogen-bond donors (Lipinski definition) is 3. The molecule has 3 amide bonds. The molecular weight excluding hydrogens is 354 g/mol. The van der Waals surface area contributed by atoms with E-state index in [-0.39, 0.29) is 30.2 Å². The lowest BCUT2D eigenvalue weighted by Crippen LogP contribution is -2.33. The Labute approximate surface area is 164 Å². The minimum Gasteiger partial charge on any atom is -0.343 e. The van der Waals surface area contributed by atoms with Crippen LogP contribution in [0.15, 0.2) is 36.4 Å². The molecule has 2 aromatic carbocycles. The first-order valence-corrected chi connectivity index (χ1v) is 9.40. The van der Waals surface area contributed by atoms with Crippen molar-refractivity contribution in [3.8, 4) is 0 Å². The number of rotatable bonds is 6. The number of carbonyl (C=O) groups is 3. The zero-order valence-corrected chi connectivity index (χ0v) is 16.4. The first kappa shape index (κ1) is 19.6. The third-order valence-electron chi connectivity index (χ3n) is 4.69. The second-order valence-corrected chi connectivity index (χ2v) is 7.35. The maximum Gasteiger partial charge on any atom is 0.251 e. The quantitative estimate of drug-likeness (QED) is 0.719. The van der Waals surface area contributed by atoms with E-state index in [1.165, 1.54) is 0 Å². The normalized spacial score (nSPS) is 13.0. The molecular formula is C22H25N3O3. The molecule has 6 heteroatoms. The fourth-order valence-corrected chi connectivity index (χ4v) is 3.15. The van der Waals surface area contributed by atoms with Crippen LogP contribution in [-0.2, 0) is 9.59 Å². The van der Waals surface area contributed by atoms with E-state index in [1.54, 1.807) is 24.3 Å². The van der Waals surface area contributed by atoms with Gasteiger partial charge in [0.2, 0.25) is 11.8 Å². The fourth-order valence-electron chi connectivity index (χ4n) is 3.15. The van der Waals surface area contributed by atoms with Crippen molar-refractivity contribution in [2.24, 2.45) is 5.92 Å². The Hall–Kier alpha value is -3.15. The smallest absolute Gasteiger partial charge is 0.251 e. The van der Waals surface area contributed by atoms with Crippen LogP contribution < -0.4 is 16.0 Å². The predicted molar refractivity (Wildman–Crippen MR) is 109 cm³/mol. The average Bonchev–Trinajstić information content (AvgIpc) is 3.48. The lowest BCUT2D eigenvalue weighted by atomic mass is 10.1. The lowest BCUT2D eigenvalue weighted by Gasteiger charge is -2.13. The third kappa shape index (κ3) is 4.97. The van der Waals surface area contributed by atoms with Gasteiger partial charge in [0.25, 0.3) is 5.91 Å². The zero-order valence-electron chi connectivity index (χ0n) is 16.4. The SMILES string of the molecule is Cc1cc(C)c(NC(=O)CNC(=O)c2cccc(NC(=O)C3CC3)c2)c(C)c1. The van der Waals surface area contributed by atoms with Crippen LogP contribution in [0.1, 0.15) is 39.9 Å². The highest BCUT2D eigenvalue weighted by Crippen LogP contribution is 2.30. The van der Waals surface area contributed by atoms with Crippen LogP contribution >= 0.6 is 0 Å². The summed E-state index contributed by atoms with van der Waals surface area (Å²) in [5, 5.41) is 8.30. The Morgan fingerprint density at radius 1 is 0.964 bits per heavy atom. The molecule has 1 fully saturated rings. The number of anilines is 2. The molecule has 3 rings (SSSR count). The van der Waals surface area contributed by atoms with E-state index < -0.39 is 0 Å². The standard InChI is InChI=1S/C22H25N3O3/c1-13-9-14(2)20(15(3)10-13)25-19(26)12-23-21(27)17-5-4-6-18(11-17)24-22(28)16-7-8-16/h4-6,9-11,16H,7-8,12H2,1-3H3,(H,23,27)(H,24,28)(H,25,26). The van der Waals surface area contributed by atoms with Gasteiger partial charge in [-0.1, -0.05) is 23.8 Å². The number of hydrogen-bond acceptors (Lipinski definition) is 3. The molecule has 6 nitrogen and oxygen atoms in total. The highest BCUT2D eigenvalue weighted by molar-refractivity contribution is 6.01. The molecule has 0 atom stereocenters. The highest BCUT2D eigenvalue weighted by atomic mass is 16.2. The summed E-state index contributed by atoms with van der Waals surface area (Å²) in [7, 11) is 0. The lowest BCUT2D eigenvalue weighted by molar-refractivity contribution is -0.117. The largest absolute Gasteiger partial charge is 0.343 e. The Balaban J connectivity index is 1.56. The highest BCUT2D eigenvalue weighted by Gasteiger charge is 2.29. The van der Waals surface area contributed by atoms with E-state index in [0.29, 0.717) is 11.3 Å². The maximum absolute atomic E-state index is 12.4. The summed E-state index contributed by atoms with van der Waals surface area (Å²) < 4.78 is 0. The van der Waals surface area contributed by atoms with Crippen LogP contribution in [0.5, 0.6) is 0 Å². The maximum atomic E-state index is 12.4. The molecule has 0 spiro atoms. The summed E-state index contributed by atoms with van der Waals surface area (Å²) in [4.78, 5) is 36.5. The molecule has 1 aliphatic rings. The summed E-state index contributed by atoms with van der Waals surface area (Å²) in [6.07, 6.45) is 1.84. The van der Waals surface area contributed by atoms with Crippen molar-refractivity contribution in [2.45, 2.75) is 33.6 Å². The molecule has 146 valence electrons. The number of carbonyl (C=O) groups excluding carboxylic acids is 3. The second kappa shape index (κ2) is 8.25. The molecule has 0 aliphatic heterocycles. The number of benzene rings is 2. The molecule has 0 bridgehead atoms. The van der Waals surface area contributed by atoms with Gasteiger partial charge in [0, 0.05) is 22.9 Å². The average molecular weight is 379 g/mol. The predicted octanol–water partition coefficient (Wildman–Crippen LogP) is 3.33. The molecule has 3 N–H and O–H groups in total. The third-order valence-corrected chi connectivity index (χ3v) is 4.69. The molecule has 0 unspecified atom stereocenters. The van der Waals surface area contributed by atoms with Crippen molar-refractivity contribution >= 4 is 29.1 Å². The minimum atomic E-state index is -0.366. The summed E-state index contributed by atoms with van der Waals surface area (Å²) >= 11 is 0. The minimum absolute atomic E-state index is 0.0132. The van der Waals surface area contributed by atoms with Crippen LogP contribution in [0.4, 0.5) is 11.4 Å². The van der Waals surface area contributed by atoms with Crippen molar-refractivity contribution in [3.05, 3.63) is 58.7 Å². The van der Waals surface area contributed by atoms with Gasteiger partial charge in [-0.25, -0.2) is 0 Å². The van der Waals surface area contributed by atoms with Crippen LogP contribution in [-0.4, -0.2) is 24.3 Å².